The molecule has 1 fully saturated rings. The topological polar surface area (TPSA) is 68.0 Å². The molecule has 0 saturated carbocycles. The van der Waals surface area contributed by atoms with Crippen LogP contribution in [-0.2, 0) is 23.2 Å². The largest absolute Gasteiger partial charge is 0.329 e. The average Bonchev–Trinajstić information content (AvgIpc) is 3.73. The lowest BCUT2D eigenvalue weighted by Gasteiger charge is -2.47. The number of piperazine rings is 1. The van der Waals surface area contributed by atoms with Gasteiger partial charge in [0, 0.05) is 78.8 Å². The quantitative estimate of drug-likeness (QED) is 0.148. The highest BCUT2D eigenvalue weighted by Gasteiger charge is 2.50. The predicted octanol–water partition coefficient (Wildman–Crippen LogP) is 9.78. The Hall–Kier alpha value is -6.16. The molecule has 1 saturated heterocycles. The number of nitrogens with zero attached hydrogens (tertiary/aromatic N) is 5. The Kier molecular flexibility index (Phi) is 10.7. The normalized spacial score (nSPS) is 13.8. The summed E-state index contributed by atoms with van der Waals surface area (Å²) in [4.78, 5) is 26.3. The number of hydrogen-bond acceptors (Lipinski definition) is 4. The molecule has 1 amide bonds. The van der Waals surface area contributed by atoms with Crippen molar-refractivity contribution in [2.45, 2.75) is 46.1 Å². The molecule has 4 aromatic heterocycles. The minimum absolute atomic E-state index is 0. The zero-order valence-electron chi connectivity index (χ0n) is 33.5. The van der Waals surface area contributed by atoms with Crippen molar-refractivity contribution in [2.75, 3.05) is 19.6 Å². The predicted molar refractivity (Wildman–Crippen MR) is 233 cm³/mol. The molecule has 5 heterocycles. The van der Waals surface area contributed by atoms with Crippen LogP contribution >= 0.6 is 12.4 Å². The van der Waals surface area contributed by atoms with Gasteiger partial charge in [-0.05, 0) is 110 Å². The Bertz CT molecular complexity index is 2670. The summed E-state index contributed by atoms with van der Waals surface area (Å²) in [5.74, 6) is -0.561. The molecular weight excluding hydrogens is 762 g/mol. The summed E-state index contributed by atoms with van der Waals surface area (Å²) in [6, 6.07) is 35.0. The highest BCUT2D eigenvalue weighted by molar-refractivity contribution is 5.92. The molecule has 4 aromatic carbocycles. The third-order valence-corrected chi connectivity index (χ3v) is 11.9. The SMILES string of the molecule is Cc1cnc2c(C3(c4c(Cc5cccc(F)c5C)n(-c5ccccc5)c5cc(C)cnc45)CNCCN3C=O)c(Cc3cccc(F)c3C)n(-c3ccccc3)c2c1.Cl. The Balaban J connectivity index is 0.00000484. The van der Waals surface area contributed by atoms with Crippen LogP contribution in [0.5, 0.6) is 0 Å². The van der Waals surface area contributed by atoms with Gasteiger partial charge in [0.05, 0.1) is 22.1 Å². The van der Waals surface area contributed by atoms with Gasteiger partial charge in [0.2, 0.25) is 6.41 Å². The zero-order chi connectivity index (χ0) is 40.1. The standard InChI is InChI=1S/C49H44F2N6O.ClH/c1-31-23-43-47(53-27-31)45(41(56(43)37-15-7-5-8-16-37)25-35-13-11-19-39(50)33(35)3)49(29-52-21-22-55(49)30-58)46-42(26-36-14-12-20-40(51)34(36)4)57(38-17-9-6-10-18-38)44-24-32(2)28-54-48(44)46;/h5-20,23-24,27-28,30,52H,21-22,25-26,29H2,1-4H3;1H. The van der Waals surface area contributed by atoms with Crippen LogP contribution in [0.25, 0.3) is 33.4 Å². The van der Waals surface area contributed by atoms with E-state index in [0.29, 0.717) is 43.6 Å². The fourth-order valence-corrected chi connectivity index (χ4v) is 9.11. The molecule has 9 rings (SSSR count). The van der Waals surface area contributed by atoms with Gasteiger partial charge in [-0.2, -0.15) is 0 Å². The first-order chi connectivity index (χ1) is 28.2. The third-order valence-electron chi connectivity index (χ3n) is 11.9. The zero-order valence-corrected chi connectivity index (χ0v) is 34.3. The van der Waals surface area contributed by atoms with Crippen molar-refractivity contribution in [1.29, 1.82) is 0 Å². The maximum atomic E-state index is 15.4. The van der Waals surface area contributed by atoms with Crippen molar-refractivity contribution in [1.82, 2.24) is 29.3 Å². The van der Waals surface area contributed by atoms with E-state index >= 15 is 8.78 Å². The van der Waals surface area contributed by atoms with Crippen molar-refractivity contribution in [3.8, 4) is 11.4 Å². The second kappa shape index (κ2) is 15.9. The lowest BCUT2D eigenvalue weighted by atomic mass is 9.76. The third kappa shape index (κ3) is 6.59. The van der Waals surface area contributed by atoms with E-state index in [2.05, 4.69) is 50.8 Å². The molecule has 0 aliphatic carbocycles. The number of amides is 1. The molecule has 1 N–H and O–H groups in total. The summed E-state index contributed by atoms with van der Waals surface area (Å²) in [7, 11) is 0. The van der Waals surface area contributed by atoms with E-state index in [1.807, 2.05) is 93.5 Å². The van der Waals surface area contributed by atoms with Crippen LogP contribution in [0.4, 0.5) is 8.78 Å². The number of rotatable bonds is 9. The Morgan fingerprint density at radius 1 is 0.661 bits per heavy atom. The van der Waals surface area contributed by atoms with Crippen LogP contribution < -0.4 is 5.32 Å². The van der Waals surface area contributed by atoms with Gasteiger partial charge < -0.3 is 19.4 Å². The summed E-state index contributed by atoms with van der Waals surface area (Å²) >= 11 is 0. The maximum Gasteiger partial charge on any atom is 0.210 e. The van der Waals surface area contributed by atoms with Crippen LogP contribution in [0.15, 0.2) is 122 Å². The number of halogens is 3. The van der Waals surface area contributed by atoms with Crippen LogP contribution in [0.2, 0.25) is 0 Å². The Morgan fingerprint density at radius 3 is 1.56 bits per heavy atom. The number of hydrogen-bond donors (Lipinski definition) is 1. The second-order valence-electron chi connectivity index (χ2n) is 15.5. The molecule has 0 bridgehead atoms. The van der Waals surface area contributed by atoms with E-state index < -0.39 is 5.54 Å². The number of aromatic nitrogens is 4. The minimum Gasteiger partial charge on any atom is -0.329 e. The summed E-state index contributed by atoms with van der Waals surface area (Å²) < 4.78 is 35.4. The highest BCUT2D eigenvalue weighted by atomic mass is 35.5. The van der Waals surface area contributed by atoms with E-state index in [1.54, 1.807) is 12.1 Å². The number of aryl methyl sites for hydroxylation is 2. The average molecular weight is 807 g/mol. The molecule has 0 atom stereocenters. The van der Waals surface area contributed by atoms with E-state index in [4.69, 9.17) is 9.97 Å². The molecule has 298 valence electrons. The van der Waals surface area contributed by atoms with Gasteiger partial charge >= 0.3 is 0 Å². The number of benzene rings is 4. The lowest BCUT2D eigenvalue weighted by Crippen LogP contribution is -2.59. The van der Waals surface area contributed by atoms with Crippen LogP contribution in [0, 0.1) is 39.3 Å². The van der Waals surface area contributed by atoms with Crippen molar-refractivity contribution < 1.29 is 13.6 Å². The van der Waals surface area contributed by atoms with Crippen LogP contribution in [0.1, 0.15) is 55.9 Å². The van der Waals surface area contributed by atoms with Crippen molar-refractivity contribution in [3.05, 3.63) is 189 Å². The van der Waals surface area contributed by atoms with Crippen LogP contribution in [0.3, 0.4) is 0 Å². The molecule has 0 radical (unpaired) electrons. The number of carbonyl (C=O) groups is 1. The van der Waals surface area contributed by atoms with E-state index in [9.17, 15) is 4.79 Å². The minimum atomic E-state index is -1.20. The molecule has 59 heavy (non-hydrogen) atoms. The Morgan fingerprint density at radius 2 is 1.12 bits per heavy atom. The number of fused-ring (bicyclic) bond motifs is 2. The molecule has 7 nitrogen and oxygen atoms in total. The first-order valence-corrected chi connectivity index (χ1v) is 19.7. The number of pyridine rings is 2. The Labute approximate surface area is 348 Å². The maximum absolute atomic E-state index is 15.4. The van der Waals surface area contributed by atoms with Crippen molar-refractivity contribution >= 4 is 40.9 Å². The molecule has 8 aromatic rings. The molecule has 1 aliphatic heterocycles. The monoisotopic (exact) mass is 806 g/mol. The van der Waals surface area contributed by atoms with Crippen molar-refractivity contribution in [3.63, 3.8) is 0 Å². The van der Waals surface area contributed by atoms with Gasteiger partial charge in [0.25, 0.3) is 0 Å². The van der Waals surface area contributed by atoms with E-state index in [0.717, 1.165) is 84.6 Å². The molecule has 0 spiro atoms. The molecule has 10 heteroatoms. The number of carbonyl (C=O) groups excluding carboxylic acids is 1. The summed E-state index contributed by atoms with van der Waals surface area (Å²) in [6.45, 7) is 9.00. The lowest BCUT2D eigenvalue weighted by molar-refractivity contribution is -0.124. The van der Waals surface area contributed by atoms with E-state index in [-0.39, 0.29) is 24.0 Å². The highest BCUT2D eigenvalue weighted by Crippen LogP contribution is 2.49. The van der Waals surface area contributed by atoms with Gasteiger partial charge in [-0.25, -0.2) is 8.78 Å². The number of para-hydroxylation sites is 2. The van der Waals surface area contributed by atoms with Gasteiger partial charge in [-0.15, -0.1) is 12.4 Å². The summed E-state index contributed by atoms with van der Waals surface area (Å²) in [5.41, 5.74) is 12.0. The number of nitrogens with one attached hydrogen (secondary N) is 1. The van der Waals surface area contributed by atoms with Crippen LogP contribution in [-0.4, -0.2) is 50.0 Å². The summed E-state index contributed by atoms with van der Waals surface area (Å²) in [5, 5.41) is 3.72. The van der Waals surface area contributed by atoms with E-state index in [1.165, 1.54) is 12.1 Å². The first kappa shape index (κ1) is 39.7. The molecule has 1 aliphatic rings. The smallest absolute Gasteiger partial charge is 0.210 e. The first-order valence-electron chi connectivity index (χ1n) is 19.7. The van der Waals surface area contributed by atoms with Gasteiger partial charge in [0.15, 0.2) is 0 Å². The van der Waals surface area contributed by atoms with Gasteiger partial charge in [0.1, 0.15) is 17.2 Å². The fraction of sp³-hybridized carbons (Fsp3) is 0.204. The second-order valence-corrected chi connectivity index (χ2v) is 15.5. The molecular formula is C49H45ClF2N6O. The molecule has 0 unspecified atom stereocenters. The van der Waals surface area contributed by atoms with Crippen molar-refractivity contribution in [2.24, 2.45) is 0 Å². The summed E-state index contributed by atoms with van der Waals surface area (Å²) in [6.07, 6.45) is 5.40. The van der Waals surface area contributed by atoms with Gasteiger partial charge in [-0.1, -0.05) is 60.7 Å². The van der Waals surface area contributed by atoms with Gasteiger partial charge in [-0.3, -0.25) is 14.8 Å². The fourth-order valence-electron chi connectivity index (χ4n) is 9.11.